The van der Waals surface area contributed by atoms with Crippen LogP contribution in [0.4, 0.5) is 0 Å². The molecule has 1 heterocycles. The Morgan fingerprint density at radius 1 is 1.14 bits per heavy atom. The summed E-state index contributed by atoms with van der Waals surface area (Å²) in [6, 6.07) is 4.02. The third-order valence-electron chi connectivity index (χ3n) is 4.21. The van der Waals surface area contributed by atoms with Crippen LogP contribution in [0.25, 0.3) is 0 Å². The number of likely N-dealkylation sites (tertiary alicyclic amines) is 1. The molecule has 1 amide bonds. The zero-order chi connectivity index (χ0) is 16.7. The molecule has 4 heteroatoms. The lowest BCUT2D eigenvalue weighted by atomic mass is 9.89. The van der Waals surface area contributed by atoms with Crippen molar-refractivity contribution in [1.29, 1.82) is 0 Å². The van der Waals surface area contributed by atoms with Crippen molar-refractivity contribution in [2.24, 2.45) is 0 Å². The predicted octanol–water partition coefficient (Wildman–Crippen LogP) is 5.83. The average molecular weight is 344 g/mol. The number of benzene rings is 1. The van der Waals surface area contributed by atoms with Gasteiger partial charge in [-0.25, -0.2) is 0 Å². The summed E-state index contributed by atoms with van der Waals surface area (Å²) in [5.41, 5.74) is 2.13. The molecule has 0 radical (unpaired) electrons. The summed E-state index contributed by atoms with van der Waals surface area (Å²) in [5.74, 6) is 0.615. The van der Waals surface area contributed by atoms with Gasteiger partial charge < -0.3 is 4.90 Å². The summed E-state index contributed by atoms with van der Waals surface area (Å²) < 4.78 is 0. The number of nitrogens with zero attached hydrogens (tertiary/aromatic N) is 1. The summed E-state index contributed by atoms with van der Waals surface area (Å²) in [7, 11) is 0. The second kappa shape index (κ2) is 9.42. The molecule has 2 nitrogen and oxygen atoms in total. The van der Waals surface area contributed by atoms with E-state index in [4.69, 9.17) is 23.2 Å². The average Bonchev–Trinajstić information content (AvgIpc) is 2.52. The number of hydrogen-bond acceptors (Lipinski definition) is 1. The molecule has 0 aromatic heterocycles. The first-order valence-electron chi connectivity index (χ1n) is 8.11. The molecule has 0 saturated carbocycles. The van der Waals surface area contributed by atoms with Gasteiger partial charge in [-0.05, 0) is 48.9 Å². The summed E-state index contributed by atoms with van der Waals surface area (Å²) in [6.07, 6.45) is 4.60. The van der Waals surface area contributed by atoms with E-state index in [2.05, 4.69) is 13.8 Å². The molecule has 0 atom stereocenters. The van der Waals surface area contributed by atoms with Crippen LogP contribution in [0.1, 0.15) is 63.5 Å². The van der Waals surface area contributed by atoms with Crippen molar-refractivity contribution >= 4 is 29.1 Å². The van der Waals surface area contributed by atoms with E-state index in [-0.39, 0.29) is 5.91 Å². The highest BCUT2D eigenvalue weighted by molar-refractivity contribution is 6.36. The summed E-state index contributed by atoms with van der Waals surface area (Å²) in [4.78, 5) is 13.2. The van der Waals surface area contributed by atoms with Crippen LogP contribution in [0, 0.1) is 6.92 Å². The predicted molar refractivity (Wildman–Crippen MR) is 96.0 cm³/mol. The molecule has 1 aliphatic heterocycles. The highest BCUT2D eigenvalue weighted by atomic mass is 35.5. The summed E-state index contributed by atoms with van der Waals surface area (Å²) in [5, 5.41) is 1.46. The van der Waals surface area contributed by atoms with Gasteiger partial charge in [0, 0.05) is 30.1 Å². The van der Waals surface area contributed by atoms with Crippen LogP contribution in [0.5, 0.6) is 0 Å². The van der Waals surface area contributed by atoms with Gasteiger partial charge >= 0.3 is 0 Å². The number of piperidine rings is 1. The largest absolute Gasteiger partial charge is 0.343 e. The number of amides is 1. The third kappa shape index (κ3) is 5.48. The monoisotopic (exact) mass is 343 g/mol. The van der Waals surface area contributed by atoms with E-state index in [0.717, 1.165) is 41.5 Å². The Balaban J connectivity index is 0.000000541. The fourth-order valence-electron chi connectivity index (χ4n) is 2.43. The van der Waals surface area contributed by atoms with Crippen LogP contribution in [0.3, 0.4) is 0 Å². The Labute approximate surface area is 144 Å². The highest BCUT2D eigenvalue weighted by Crippen LogP contribution is 2.34. The van der Waals surface area contributed by atoms with E-state index in [1.165, 1.54) is 18.4 Å². The molecule has 0 bridgehead atoms. The molecule has 1 aromatic rings. The van der Waals surface area contributed by atoms with Crippen LogP contribution >= 0.6 is 23.2 Å². The molecule has 0 aliphatic carbocycles. The van der Waals surface area contributed by atoms with Gasteiger partial charge in [-0.3, -0.25) is 4.79 Å². The van der Waals surface area contributed by atoms with E-state index >= 15 is 0 Å². The van der Waals surface area contributed by atoms with Crippen molar-refractivity contribution in [3.8, 4) is 0 Å². The van der Waals surface area contributed by atoms with Crippen LogP contribution < -0.4 is 0 Å². The molecule has 0 spiro atoms. The minimum absolute atomic E-state index is 0.161. The number of rotatable bonds is 2. The van der Waals surface area contributed by atoms with Crippen LogP contribution in [0.15, 0.2) is 12.1 Å². The molecule has 1 aliphatic rings. The maximum absolute atomic E-state index is 11.3. The first kappa shape index (κ1) is 19.3. The van der Waals surface area contributed by atoms with E-state index in [9.17, 15) is 4.79 Å². The van der Waals surface area contributed by atoms with Crippen molar-refractivity contribution in [1.82, 2.24) is 4.90 Å². The summed E-state index contributed by atoms with van der Waals surface area (Å²) >= 11 is 12.3. The molecule has 1 aromatic carbocycles. The normalized spacial score (nSPS) is 15.3. The minimum Gasteiger partial charge on any atom is -0.343 e. The number of carbonyl (C=O) groups is 1. The van der Waals surface area contributed by atoms with Crippen LogP contribution in [-0.4, -0.2) is 23.9 Å². The number of hydrogen-bond donors (Lipinski definition) is 0. The Morgan fingerprint density at radius 2 is 1.59 bits per heavy atom. The zero-order valence-electron chi connectivity index (χ0n) is 14.1. The Bertz CT molecular complexity index is 469. The van der Waals surface area contributed by atoms with Gasteiger partial charge in [0.25, 0.3) is 0 Å². The molecular weight excluding hydrogens is 317 g/mol. The molecular formula is C18H27Cl2NO. The number of unbranched alkanes of at least 4 members (excludes halogenated alkanes) is 1. The van der Waals surface area contributed by atoms with E-state index in [0.29, 0.717) is 5.92 Å². The maximum Gasteiger partial charge on any atom is 0.219 e. The standard InChI is InChI=1S/C14H17Cl2NO.C4H10/c1-9-13(15)7-12(8-14(9)16)11-3-5-17(6-4-11)10(2)18;1-3-4-2/h7-8,11H,3-6H2,1-2H3;3-4H2,1-2H3. The van der Waals surface area contributed by atoms with Crippen molar-refractivity contribution in [2.75, 3.05) is 13.1 Å². The Hall–Kier alpha value is -0.730. The van der Waals surface area contributed by atoms with E-state index < -0.39 is 0 Å². The molecule has 0 unspecified atom stereocenters. The van der Waals surface area contributed by atoms with E-state index in [1.807, 2.05) is 24.0 Å². The fourth-order valence-corrected chi connectivity index (χ4v) is 2.93. The first-order chi connectivity index (χ1) is 10.4. The zero-order valence-corrected chi connectivity index (χ0v) is 15.6. The van der Waals surface area contributed by atoms with Gasteiger partial charge in [0.1, 0.15) is 0 Å². The topological polar surface area (TPSA) is 20.3 Å². The van der Waals surface area contributed by atoms with Gasteiger partial charge in [0.05, 0.1) is 0 Å². The molecule has 124 valence electrons. The smallest absolute Gasteiger partial charge is 0.219 e. The van der Waals surface area contributed by atoms with Gasteiger partial charge in [-0.15, -0.1) is 0 Å². The van der Waals surface area contributed by atoms with Gasteiger partial charge in [-0.2, -0.15) is 0 Å². The van der Waals surface area contributed by atoms with Crippen molar-refractivity contribution in [3.05, 3.63) is 33.3 Å². The molecule has 0 N–H and O–H groups in total. The third-order valence-corrected chi connectivity index (χ3v) is 5.00. The SMILES string of the molecule is CC(=O)N1CCC(c2cc(Cl)c(C)c(Cl)c2)CC1.CCCC. The Kier molecular flexibility index (Phi) is 8.27. The second-order valence-electron chi connectivity index (χ2n) is 5.89. The first-order valence-corrected chi connectivity index (χ1v) is 8.87. The van der Waals surface area contributed by atoms with Gasteiger partial charge in [0.15, 0.2) is 0 Å². The second-order valence-corrected chi connectivity index (χ2v) is 6.70. The Morgan fingerprint density at radius 3 is 1.95 bits per heavy atom. The lowest BCUT2D eigenvalue weighted by Gasteiger charge is -2.31. The lowest BCUT2D eigenvalue weighted by Crippen LogP contribution is -2.36. The summed E-state index contributed by atoms with van der Waals surface area (Å²) in [6.45, 7) is 9.55. The van der Waals surface area contributed by atoms with Crippen molar-refractivity contribution < 1.29 is 4.79 Å². The van der Waals surface area contributed by atoms with E-state index in [1.54, 1.807) is 6.92 Å². The quantitative estimate of drug-likeness (QED) is 0.660. The van der Waals surface area contributed by atoms with Gasteiger partial charge in [-0.1, -0.05) is 49.9 Å². The molecule has 22 heavy (non-hydrogen) atoms. The van der Waals surface area contributed by atoms with Crippen molar-refractivity contribution in [3.63, 3.8) is 0 Å². The maximum atomic E-state index is 11.3. The number of carbonyl (C=O) groups excluding carboxylic acids is 1. The molecule has 1 saturated heterocycles. The number of halogens is 2. The highest BCUT2D eigenvalue weighted by Gasteiger charge is 2.22. The minimum atomic E-state index is 0.161. The van der Waals surface area contributed by atoms with Crippen LogP contribution in [0.2, 0.25) is 10.0 Å². The van der Waals surface area contributed by atoms with Crippen LogP contribution in [-0.2, 0) is 4.79 Å². The van der Waals surface area contributed by atoms with Gasteiger partial charge in [0.2, 0.25) is 5.91 Å². The molecule has 1 fully saturated rings. The fraction of sp³-hybridized carbons (Fsp3) is 0.611. The molecule has 2 rings (SSSR count). The van der Waals surface area contributed by atoms with Crippen molar-refractivity contribution in [2.45, 2.75) is 59.3 Å². The lowest BCUT2D eigenvalue weighted by molar-refractivity contribution is -0.129.